The quantitative estimate of drug-likeness (QED) is 0.842. The van der Waals surface area contributed by atoms with Crippen molar-refractivity contribution >= 4 is 17.6 Å². The summed E-state index contributed by atoms with van der Waals surface area (Å²) in [6.07, 6.45) is 4.00. The number of benzene rings is 1. The zero-order chi connectivity index (χ0) is 15.0. The van der Waals surface area contributed by atoms with Gasteiger partial charge in [-0.1, -0.05) is 30.2 Å². The van der Waals surface area contributed by atoms with E-state index in [1.165, 1.54) is 0 Å². The highest BCUT2D eigenvalue weighted by Crippen LogP contribution is 2.48. The van der Waals surface area contributed by atoms with E-state index in [0.717, 1.165) is 43.2 Å². The third-order valence-electron chi connectivity index (χ3n) is 4.61. The van der Waals surface area contributed by atoms with Gasteiger partial charge >= 0.3 is 5.97 Å². The number of hydrogen-bond acceptors (Lipinski definition) is 3. The first kappa shape index (κ1) is 14.6. The van der Waals surface area contributed by atoms with Gasteiger partial charge in [0.1, 0.15) is 11.7 Å². The van der Waals surface area contributed by atoms with Crippen molar-refractivity contribution in [3.8, 4) is 0 Å². The van der Waals surface area contributed by atoms with Crippen LogP contribution in [-0.2, 0) is 9.53 Å². The Morgan fingerprint density at radius 3 is 2.43 bits per heavy atom. The SMILES string of the molecule is CC1=C(C(O)c2ccc(Cl)cc2)C2(CCCCC2)OC1=O. The maximum atomic E-state index is 12.0. The third kappa shape index (κ3) is 2.49. The molecule has 1 N–H and O–H groups in total. The van der Waals surface area contributed by atoms with Crippen molar-refractivity contribution in [2.24, 2.45) is 0 Å². The van der Waals surface area contributed by atoms with Crippen molar-refractivity contribution in [3.05, 3.63) is 46.0 Å². The van der Waals surface area contributed by atoms with Crippen LogP contribution >= 0.6 is 11.6 Å². The molecule has 0 aromatic heterocycles. The highest BCUT2D eigenvalue weighted by Gasteiger charge is 2.49. The lowest BCUT2D eigenvalue weighted by Crippen LogP contribution is -2.36. The largest absolute Gasteiger partial charge is 0.451 e. The molecule has 1 aromatic carbocycles. The number of hydrogen-bond donors (Lipinski definition) is 1. The van der Waals surface area contributed by atoms with Crippen molar-refractivity contribution in [1.82, 2.24) is 0 Å². The minimum atomic E-state index is -0.813. The second kappa shape index (κ2) is 5.47. The second-order valence-electron chi connectivity index (χ2n) is 5.94. The molecule has 1 aromatic rings. The fraction of sp³-hybridized carbons (Fsp3) is 0.471. The van der Waals surface area contributed by atoms with E-state index >= 15 is 0 Å². The summed E-state index contributed by atoms with van der Waals surface area (Å²) in [6, 6.07) is 7.10. The Bertz CT molecular complexity index is 583. The Morgan fingerprint density at radius 2 is 1.81 bits per heavy atom. The molecule has 1 unspecified atom stereocenters. The molecule has 1 atom stereocenters. The number of halogens is 1. The maximum absolute atomic E-state index is 12.0. The lowest BCUT2D eigenvalue weighted by Gasteiger charge is -2.36. The van der Waals surface area contributed by atoms with Crippen LogP contribution in [0.3, 0.4) is 0 Å². The van der Waals surface area contributed by atoms with Crippen molar-refractivity contribution in [1.29, 1.82) is 0 Å². The molecule has 1 saturated carbocycles. The summed E-state index contributed by atoms with van der Waals surface area (Å²) < 4.78 is 5.68. The van der Waals surface area contributed by atoms with Gasteiger partial charge < -0.3 is 9.84 Å². The fourth-order valence-corrected chi connectivity index (χ4v) is 3.65. The van der Waals surface area contributed by atoms with Gasteiger partial charge in [0.25, 0.3) is 0 Å². The molecular formula is C17H19ClO3. The Hall–Kier alpha value is -1.32. The number of aliphatic hydroxyl groups excluding tert-OH is 1. The van der Waals surface area contributed by atoms with Crippen LogP contribution < -0.4 is 0 Å². The fourth-order valence-electron chi connectivity index (χ4n) is 3.52. The third-order valence-corrected chi connectivity index (χ3v) is 4.86. The molecule has 21 heavy (non-hydrogen) atoms. The van der Waals surface area contributed by atoms with Crippen LogP contribution in [-0.4, -0.2) is 16.7 Å². The summed E-state index contributed by atoms with van der Waals surface area (Å²) >= 11 is 5.90. The average Bonchev–Trinajstić information content (AvgIpc) is 2.71. The van der Waals surface area contributed by atoms with Gasteiger partial charge in [0.2, 0.25) is 0 Å². The zero-order valence-electron chi connectivity index (χ0n) is 12.1. The Balaban J connectivity index is 2.00. The molecule has 1 spiro atoms. The first-order valence-electron chi connectivity index (χ1n) is 7.42. The van der Waals surface area contributed by atoms with E-state index in [1.807, 2.05) is 0 Å². The van der Waals surface area contributed by atoms with E-state index in [9.17, 15) is 9.90 Å². The predicted molar refractivity (Wildman–Crippen MR) is 81.0 cm³/mol. The van der Waals surface area contributed by atoms with E-state index in [4.69, 9.17) is 16.3 Å². The molecule has 0 bridgehead atoms. The van der Waals surface area contributed by atoms with Gasteiger partial charge in [-0.25, -0.2) is 4.79 Å². The summed E-state index contributed by atoms with van der Waals surface area (Å²) in [5.74, 6) is -0.292. The zero-order valence-corrected chi connectivity index (χ0v) is 12.8. The van der Waals surface area contributed by atoms with Gasteiger partial charge in [-0.2, -0.15) is 0 Å². The molecule has 2 aliphatic rings. The number of aliphatic hydroxyl groups is 1. The highest BCUT2D eigenvalue weighted by atomic mass is 35.5. The van der Waals surface area contributed by atoms with Crippen molar-refractivity contribution in [3.63, 3.8) is 0 Å². The molecule has 1 fully saturated rings. The summed E-state index contributed by atoms with van der Waals surface area (Å²) in [6.45, 7) is 1.75. The number of rotatable bonds is 2. The highest BCUT2D eigenvalue weighted by molar-refractivity contribution is 6.30. The van der Waals surface area contributed by atoms with E-state index in [1.54, 1.807) is 31.2 Å². The lowest BCUT2D eigenvalue weighted by atomic mass is 9.75. The Morgan fingerprint density at radius 1 is 1.19 bits per heavy atom. The number of esters is 1. The number of carbonyl (C=O) groups is 1. The van der Waals surface area contributed by atoms with Crippen molar-refractivity contribution in [2.75, 3.05) is 0 Å². The maximum Gasteiger partial charge on any atom is 0.334 e. The number of ether oxygens (including phenoxy) is 1. The average molecular weight is 307 g/mol. The summed E-state index contributed by atoms with van der Waals surface area (Å²) in [7, 11) is 0. The Labute approximate surface area is 129 Å². The van der Waals surface area contributed by atoms with Crippen molar-refractivity contribution < 1.29 is 14.6 Å². The van der Waals surface area contributed by atoms with Gasteiger partial charge in [0, 0.05) is 16.2 Å². The molecule has 3 rings (SSSR count). The molecule has 1 aliphatic carbocycles. The van der Waals surface area contributed by atoms with Gasteiger partial charge in [-0.15, -0.1) is 0 Å². The smallest absolute Gasteiger partial charge is 0.334 e. The molecule has 3 nitrogen and oxygen atoms in total. The van der Waals surface area contributed by atoms with Crippen LogP contribution in [0.4, 0.5) is 0 Å². The molecule has 0 saturated heterocycles. The lowest BCUT2D eigenvalue weighted by molar-refractivity contribution is -0.149. The van der Waals surface area contributed by atoms with Crippen LogP contribution in [0.5, 0.6) is 0 Å². The van der Waals surface area contributed by atoms with Gasteiger partial charge in [0.15, 0.2) is 0 Å². The van der Waals surface area contributed by atoms with Crippen LogP contribution in [0.2, 0.25) is 5.02 Å². The van der Waals surface area contributed by atoms with Gasteiger partial charge in [-0.3, -0.25) is 0 Å². The molecular weight excluding hydrogens is 288 g/mol. The molecule has 112 valence electrons. The Kier molecular flexibility index (Phi) is 3.80. The molecule has 1 aliphatic heterocycles. The van der Waals surface area contributed by atoms with Crippen LogP contribution in [0, 0.1) is 0 Å². The van der Waals surface area contributed by atoms with E-state index in [2.05, 4.69) is 0 Å². The van der Waals surface area contributed by atoms with E-state index in [0.29, 0.717) is 10.6 Å². The summed E-state index contributed by atoms with van der Waals surface area (Å²) in [5.41, 5.74) is 1.45. The summed E-state index contributed by atoms with van der Waals surface area (Å²) in [5, 5.41) is 11.4. The topological polar surface area (TPSA) is 46.5 Å². The van der Waals surface area contributed by atoms with Gasteiger partial charge in [-0.05, 0) is 50.3 Å². The van der Waals surface area contributed by atoms with Crippen LogP contribution in [0.1, 0.15) is 50.7 Å². The van der Waals surface area contributed by atoms with Gasteiger partial charge in [0.05, 0.1) is 0 Å². The van der Waals surface area contributed by atoms with E-state index < -0.39 is 11.7 Å². The normalized spacial score (nSPS) is 22.5. The number of carbonyl (C=O) groups excluding carboxylic acids is 1. The first-order valence-corrected chi connectivity index (χ1v) is 7.79. The molecule has 1 heterocycles. The van der Waals surface area contributed by atoms with Crippen molar-refractivity contribution in [2.45, 2.75) is 50.7 Å². The minimum absolute atomic E-state index is 0.292. The molecule has 0 amide bonds. The van der Waals surface area contributed by atoms with E-state index in [-0.39, 0.29) is 5.97 Å². The minimum Gasteiger partial charge on any atom is -0.451 e. The standard InChI is InChI=1S/C17H19ClO3/c1-11-14(15(19)12-5-7-13(18)8-6-12)17(21-16(11)20)9-3-2-4-10-17/h5-8,15,19H,2-4,9-10H2,1H3. The molecule has 4 heteroatoms. The second-order valence-corrected chi connectivity index (χ2v) is 6.37. The molecule has 0 radical (unpaired) electrons. The first-order chi connectivity index (χ1) is 10.0. The monoisotopic (exact) mass is 306 g/mol. The summed E-state index contributed by atoms with van der Waals surface area (Å²) in [4.78, 5) is 12.0. The predicted octanol–water partition coefficient (Wildman–Crippen LogP) is 3.95. The van der Waals surface area contributed by atoms with Crippen LogP contribution in [0.15, 0.2) is 35.4 Å². The van der Waals surface area contributed by atoms with Crippen LogP contribution in [0.25, 0.3) is 0 Å².